The van der Waals surface area contributed by atoms with Crippen LogP contribution >= 0.6 is 11.8 Å². The molecule has 2 atom stereocenters. The maximum Gasteiger partial charge on any atom is 0.340 e. The van der Waals surface area contributed by atoms with Gasteiger partial charge in [0, 0.05) is 46.9 Å². The molecule has 4 aromatic rings. The zero-order valence-electron chi connectivity index (χ0n) is 26.1. The van der Waals surface area contributed by atoms with Gasteiger partial charge >= 0.3 is 17.6 Å². The molecule has 2 aromatic carbocycles. The molecule has 6 N–H and O–H groups in total. The molecule has 1 aliphatic rings. The number of rotatable bonds is 14. The molecule has 4 amide bonds. The van der Waals surface area contributed by atoms with Crippen LogP contribution < -0.4 is 27.3 Å². The fraction of sp³-hybridized carbons (Fsp3) is 0.382. The molecule has 5 rings (SSSR count). The lowest BCUT2D eigenvalue weighted by atomic mass is 9.94. The number of thioether (sulfide) groups is 1. The van der Waals surface area contributed by atoms with Crippen LogP contribution in [0.5, 0.6) is 0 Å². The number of carbonyl (C=O) groups excluding carboxylic acids is 3. The molecular formula is C34H38N4O8S. The van der Waals surface area contributed by atoms with Gasteiger partial charge in [0.15, 0.2) is 0 Å². The molecule has 0 bridgehead atoms. The summed E-state index contributed by atoms with van der Waals surface area (Å²) in [6.07, 6.45) is 3.89. The van der Waals surface area contributed by atoms with E-state index < -0.39 is 41.5 Å². The predicted molar refractivity (Wildman–Crippen MR) is 178 cm³/mol. The molecule has 2 unspecified atom stereocenters. The van der Waals surface area contributed by atoms with E-state index in [9.17, 15) is 29.1 Å². The van der Waals surface area contributed by atoms with Crippen molar-refractivity contribution in [2.45, 2.75) is 69.7 Å². The summed E-state index contributed by atoms with van der Waals surface area (Å²) in [4.78, 5) is 62.8. The Bertz CT molecular complexity index is 1850. The molecule has 0 saturated heterocycles. The number of urea groups is 1. The van der Waals surface area contributed by atoms with Gasteiger partial charge in [0.25, 0.3) is 0 Å². The quantitative estimate of drug-likeness (QED) is 0.0989. The minimum absolute atomic E-state index is 0.0796. The Labute approximate surface area is 274 Å². The maximum atomic E-state index is 13.3. The zero-order valence-corrected chi connectivity index (χ0v) is 26.9. The molecular weight excluding hydrogens is 624 g/mol. The molecule has 248 valence electrons. The second kappa shape index (κ2) is 15.2. The molecule has 2 heterocycles. The second-order valence-electron chi connectivity index (χ2n) is 11.7. The van der Waals surface area contributed by atoms with Gasteiger partial charge in [-0.1, -0.05) is 30.3 Å². The molecule has 0 spiro atoms. The Hall–Kier alpha value is -4.78. The number of carboxylic acids is 1. The SMILES string of the molecule is Cc1c(CC(=O)NC(CCCNC(N)=O)C(=O)NC(CSCc2ccccc2)C(=O)O)c(=O)oc2cc3oc4c(c3cc12)CCCC4. The number of fused-ring (bicyclic) bond motifs is 4. The summed E-state index contributed by atoms with van der Waals surface area (Å²) in [7, 11) is 0. The number of aliphatic carboxylic acids is 1. The molecule has 1 aliphatic carbocycles. The van der Waals surface area contributed by atoms with Gasteiger partial charge < -0.3 is 35.6 Å². The fourth-order valence-electron chi connectivity index (χ4n) is 5.86. The summed E-state index contributed by atoms with van der Waals surface area (Å²) in [5, 5.41) is 19.1. The summed E-state index contributed by atoms with van der Waals surface area (Å²) in [6, 6.07) is 10.1. The van der Waals surface area contributed by atoms with Crippen LogP contribution in [0.3, 0.4) is 0 Å². The van der Waals surface area contributed by atoms with E-state index in [0.29, 0.717) is 27.9 Å². The molecule has 0 saturated carbocycles. The average Bonchev–Trinajstić information content (AvgIpc) is 3.40. The third-order valence-electron chi connectivity index (χ3n) is 8.33. The molecule has 12 nitrogen and oxygen atoms in total. The molecule has 0 aliphatic heterocycles. The number of benzene rings is 2. The van der Waals surface area contributed by atoms with Crippen molar-refractivity contribution in [1.82, 2.24) is 16.0 Å². The molecule has 13 heteroatoms. The third kappa shape index (κ3) is 8.33. The standard InChI is InChI=1S/C34H38N4O8S/c1-19-22-14-24-21-10-5-6-12-27(21)45-29(24)16-28(22)46-33(43)23(19)15-30(39)37-25(11-7-13-36-34(35)44)31(40)38-26(32(41)42)18-47-17-20-8-3-2-4-9-20/h2-4,8-9,14,16,25-26H,5-7,10-13,15,17-18H2,1H3,(H,37,39)(H,38,40)(H,41,42)(H3,35,36,44). The number of aryl methyl sites for hydroxylation is 3. The monoisotopic (exact) mass is 662 g/mol. The van der Waals surface area contributed by atoms with E-state index in [2.05, 4.69) is 16.0 Å². The van der Waals surface area contributed by atoms with Crippen molar-refractivity contribution >= 4 is 57.5 Å². The van der Waals surface area contributed by atoms with E-state index in [0.717, 1.165) is 48.0 Å². The van der Waals surface area contributed by atoms with Crippen molar-refractivity contribution in [3.8, 4) is 0 Å². The lowest BCUT2D eigenvalue weighted by Gasteiger charge is -2.22. The lowest BCUT2D eigenvalue weighted by Crippen LogP contribution is -2.53. The van der Waals surface area contributed by atoms with E-state index in [1.165, 1.54) is 11.8 Å². The van der Waals surface area contributed by atoms with Crippen molar-refractivity contribution < 1.29 is 33.1 Å². The van der Waals surface area contributed by atoms with Gasteiger partial charge in [-0.25, -0.2) is 14.4 Å². The Morgan fingerprint density at radius 3 is 2.47 bits per heavy atom. The Morgan fingerprint density at radius 1 is 0.979 bits per heavy atom. The Kier molecular flexibility index (Phi) is 10.9. The van der Waals surface area contributed by atoms with E-state index in [1.54, 1.807) is 13.0 Å². The Morgan fingerprint density at radius 2 is 1.72 bits per heavy atom. The highest BCUT2D eigenvalue weighted by Gasteiger charge is 2.28. The first-order valence-electron chi connectivity index (χ1n) is 15.6. The predicted octanol–water partition coefficient (Wildman–Crippen LogP) is 3.71. The van der Waals surface area contributed by atoms with Crippen molar-refractivity contribution in [3.63, 3.8) is 0 Å². The number of carbonyl (C=O) groups is 4. The lowest BCUT2D eigenvalue weighted by molar-refractivity contribution is -0.141. The number of amides is 4. The van der Waals surface area contributed by atoms with E-state index in [4.69, 9.17) is 14.6 Å². The minimum atomic E-state index is -1.21. The first-order chi connectivity index (χ1) is 22.6. The number of hydrogen-bond acceptors (Lipinski definition) is 8. The van der Waals surface area contributed by atoms with Gasteiger partial charge in [0.2, 0.25) is 11.8 Å². The number of nitrogens with two attached hydrogens (primary N) is 1. The highest BCUT2D eigenvalue weighted by molar-refractivity contribution is 7.98. The van der Waals surface area contributed by atoms with E-state index in [-0.39, 0.29) is 37.1 Å². The van der Waals surface area contributed by atoms with Crippen molar-refractivity contribution in [1.29, 1.82) is 0 Å². The van der Waals surface area contributed by atoms with E-state index >= 15 is 0 Å². The number of primary amides is 1. The normalized spacial score (nSPS) is 13.9. The van der Waals surface area contributed by atoms with Crippen molar-refractivity contribution in [2.24, 2.45) is 5.73 Å². The smallest absolute Gasteiger partial charge is 0.340 e. The number of hydrogen-bond donors (Lipinski definition) is 5. The van der Waals surface area contributed by atoms with Crippen LogP contribution in [0.1, 0.15) is 53.7 Å². The first-order valence-corrected chi connectivity index (χ1v) is 16.7. The summed E-state index contributed by atoms with van der Waals surface area (Å²) in [5.74, 6) is -0.908. The van der Waals surface area contributed by atoms with Gasteiger partial charge in [0.1, 0.15) is 29.0 Å². The molecule has 0 radical (unpaired) electrons. The van der Waals surface area contributed by atoms with Gasteiger partial charge in [-0.05, 0) is 56.2 Å². The van der Waals surface area contributed by atoms with Crippen LogP contribution in [0.25, 0.3) is 21.9 Å². The number of carboxylic acid groups (broad SMARTS) is 1. The van der Waals surface area contributed by atoms with E-state index in [1.807, 2.05) is 36.4 Å². The van der Waals surface area contributed by atoms with Gasteiger partial charge in [0.05, 0.1) is 12.0 Å². The van der Waals surface area contributed by atoms with Crippen LogP contribution in [0.2, 0.25) is 0 Å². The third-order valence-corrected chi connectivity index (χ3v) is 9.44. The van der Waals surface area contributed by atoms with Crippen LogP contribution in [0.4, 0.5) is 4.79 Å². The second-order valence-corrected chi connectivity index (χ2v) is 12.7. The van der Waals surface area contributed by atoms with Crippen molar-refractivity contribution in [3.05, 3.63) is 80.9 Å². The summed E-state index contributed by atoms with van der Waals surface area (Å²) in [5.41, 5.74) is 8.41. The van der Waals surface area contributed by atoms with Crippen LogP contribution in [0, 0.1) is 6.92 Å². The van der Waals surface area contributed by atoms with Gasteiger partial charge in [-0.2, -0.15) is 11.8 Å². The number of nitrogens with one attached hydrogen (secondary N) is 3. The molecule has 2 aromatic heterocycles. The summed E-state index contributed by atoms with van der Waals surface area (Å²) in [6.45, 7) is 1.90. The molecule has 0 fully saturated rings. The molecule has 47 heavy (non-hydrogen) atoms. The topological polar surface area (TPSA) is 194 Å². The highest BCUT2D eigenvalue weighted by atomic mass is 32.2. The fourth-order valence-corrected chi connectivity index (χ4v) is 6.86. The maximum absolute atomic E-state index is 13.3. The largest absolute Gasteiger partial charge is 0.480 e. The number of furan rings is 1. The van der Waals surface area contributed by atoms with Gasteiger partial charge in [-0.15, -0.1) is 0 Å². The Balaban J connectivity index is 1.30. The van der Waals surface area contributed by atoms with Gasteiger partial charge in [-0.3, -0.25) is 9.59 Å². The first kappa shape index (κ1) is 33.6. The highest BCUT2D eigenvalue weighted by Crippen LogP contribution is 2.35. The summed E-state index contributed by atoms with van der Waals surface area (Å²) >= 11 is 1.35. The average molecular weight is 663 g/mol. The van der Waals surface area contributed by atoms with Crippen LogP contribution in [0.15, 0.2) is 56.1 Å². The van der Waals surface area contributed by atoms with Crippen LogP contribution in [-0.4, -0.2) is 53.3 Å². The zero-order chi connectivity index (χ0) is 33.5. The van der Waals surface area contributed by atoms with Crippen molar-refractivity contribution in [2.75, 3.05) is 12.3 Å². The van der Waals surface area contributed by atoms with Crippen LogP contribution in [-0.2, 0) is 39.4 Å². The minimum Gasteiger partial charge on any atom is -0.480 e. The summed E-state index contributed by atoms with van der Waals surface area (Å²) < 4.78 is 11.7.